The first-order valence-electron chi connectivity index (χ1n) is 14.1. The van der Waals surface area contributed by atoms with E-state index in [4.69, 9.17) is 9.72 Å². The van der Waals surface area contributed by atoms with E-state index >= 15 is 0 Å². The van der Waals surface area contributed by atoms with Crippen LogP contribution in [0.5, 0.6) is 17.2 Å². The lowest BCUT2D eigenvalue weighted by Crippen LogP contribution is -2.14. The van der Waals surface area contributed by atoms with Crippen molar-refractivity contribution >= 4 is 34.2 Å². The molecule has 1 aliphatic carbocycles. The van der Waals surface area contributed by atoms with Crippen LogP contribution in [0.2, 0.25) is 0 Å². The van der Waals surface area contributed by atoms with Gasteiger partial charge in [0.25, 0.3) is 0 Å². The smallest absolute Gasteiger partial charge is 0.196 e. The summed E-state index contributed by atoms with van der Waals surface area (Å²) in [5, 5.41) is 15.5. The molecule has 6 heteroatoms. The third-order valence-corrected chi connectivity index (χ3v) is 7.80. The Morgan fingerprint density at radius 2 is 1.53 bits per heavy atom. The number of hydrogen-bond donors (Lipinski definition) is 2. The third kappa shape index (κ3) is 4.59. The van der Waals surface area contributed by atoms with Crippen LogP contribution in [-0.2, 0) is 6.42 Å². The first kappa shape index (κ1) is 26.2. The van der Waals surface area contributed by atoms with Crippen molar-refractivity contribution in [2.45, 2.75) is 13.3 Å². The van der Waals surface area contributed by atoms with Crippen LogP contribution in [0.3, 0.4) is 0 Å². The van der Waals surface area contributed by atoms with E-state index in [0.29, 0.717) is 72.9 Å². The van der Waals surface area contributed by atoms with Gasteiger partial charge in [-0.15, -0.1) is 0 Å². The van der Waals surface area contributed by atoms with E-state index < -0.39 is 0 Å². The summed E-state index contributed by atoms with van der Waals surface area (Å²) >= 11 is 0. The standard InChI is InChI=1S/C37H26N2O4/c1-2-22-13-17-25(18-14-22)43-33-20-31(38-24-15-11-23(21-40)12-16-24)35-34-29(33)19-30(28-9-5-6-10-32(28)41)39-36(34)26-7-3-4-8-27(26)37(35)42/h3-21,38,41H,2H2,1H3. The molecule has 7 rings (SSSR count). The van der Waals surface area contributed by atoms with E-state index in [1.807, 2.05) is 72.8 Å². The van der Waals surface area contributed by atoms with Crippen LogP contribution in [0.1, 0.15) is 38.8 Å². The third-order valence-electron chi connectivity index (χ3n) is 7.80. The van der Waals surface area contributed by atoms with Gasteiger partial charge in [-0.25, -0.2) is 4.98 Å². The Morgan fingerprint density at radius 3 is 2.23 bits per heavy atom. The summed E-state index contributed by atoms with van der Waals surface area (Å²) < 4.78 is 6.54. The first-order chi connectivity index (χ1) is 21.0. The van der Waals surface area contributed by atoms with Gasteiger partial charge in [0.2, 0.25) is 0 Å². The number of aromatic nitrogens is 1. The van der Waals surface area contributed by atoms with E-state index in [0.717, 1.165) is 12.7 Å². The predicted molar refractivity (Wildman–Crippen MR) is 169 cm³/mol. The Balaban J connectivity index is 1.52. The maximum Gasteiger partial charge on any atom is 0.196 e. The molecule has 0 fully saturated rings. The second-order valence-electron chi connectivity index (χ2n) is 10.4. The van der Waals surface area contributed by atoms with Gasteiger partial charge in [0.05, 0.1) is 22.6 Å². The molecule has 1 heterocycles. The number of anilines is 2. The Hall–Kier alpha value is -5.75. The molecule has 208 valence electrons. The number of ketones is 1. The summed E-state index contributed by atoms with van der Waals surface area (Å²) in [6.07, 6.45) is 1.70. The van der Waals surface area contributed by atoms with Crippen LogP contribution in [0.15, 0.2) is 109 Å². The van der Waals surface area contributed by atoms with Crippen molar-refractivity contribution in [3.8, 4) is 39.8 Å². The number of carbonyl (C=O) groups excluding carboxylic acids is 2. The molecule has 0 amide bonds. The van der Waals surface area contributed by atoms with Gasteiger partial charge in [-0.3, -0.25) is 9.59 Å². The average molecular weight is 563 g/mol. The van der Waals surface area contributed by atoms with Crippen LogP contribution < -0.4 is 10.1 Å². The highest BCUT2D eigenvalue weighted by molar-refractivity contribution is 6.29. The van der Waals surface area contributed by atoms with E-state index in [1.54, 1.807) is 36.4 Å². The first-order valence-corrected chi connectivity index (χ1v) is 14.1. The Kier molecular flexibility index (Phi) is 6.44. The minimum absolute atomic E-state index is 0.108. The zero-order valence-corrected chi connectivity index (χ0v) is 23.3. The molecular formula is C37H26N2O4. The van der Waals surface area contributed by atoms with Gasteiger partial charge in [-0.2, -0.15) is 0 Å². The molecule has 0 saturated carbocycles. The monoisotopic (exact) mass is 562 g/mol. The minimum Gasteiger partial charge on any atom is -0.507 e. The van der Waals surface area contributed by atoms with Gasteiger partial charge in [0, 0.05) is 44.8 Å². The number of pyridine rings is 1. The average Bonchev–Trinajstić information content (AvgIpc) is 3.05. The summed E-state index contributed by atoms with van der Waals surface area (Å²) in [4.78, 5) is 30.4. The fourth-order valence-electron chi connectivity index (χ4n) is 5.59. The maximum absolute atomic E-state index is 14.2. The number of aldehydes is 1. The number of benzene rings is 5. The summed E-state index contributed by atoms with van der Waals surface area (Å²) in [6, 6.07) is 33.2. The van der Waals surface area contributed by atoms with Gasteiger partial charge in [0.1, 0.15) is 23.5 Å². The zero-order chi connectivity index (χ0) is 29.5. The number of phenols is 1. The van der Waals surface area contributed by atoms with E-state index in [9.17, 15) is 14.7 Å². The maximum atomic E-state index is 14.2. The second kappa shape index (κ2) is 10.6. The topological polar surface area (TPSA) is 88.5 Å². The zero-order valence-electron chi connectivity index (χ0n) is 23.3. The summed E-state index contributed by atoms with van der Waals surface area (Å²) in [7, 11) is 0. The molecule has 0 bridgehead atoms. The second-order valence-corrected chi connectivity index (χ2v) is 10.4. The number of aromatic hydroxyl groups is 1. The normalized spacial score (nSPS) is 11.7. The molecule has 1 aromatic heterocycles. The number of phenolic OH excluding ortho intramolecular Hbond substituents is 1. The number of aryl methyl sites for hydroxylation is 1. The molecule has 6 aromatic rings. The summed E-state index contributed by atoms with van der Waals surface area (Å²) in [5.74, 6) is 1.16. The van der Waals surface area contributed by atoms with Crippen LogP contribution in [-0.4, -0.2) is 22.2 Å². The molecule has 0 spiro atoms. The molecule has 0 atom stereocenters. The van der Waals surface area contributed by atoms with Crippen LogP contribution in [0.25, 0.3) is 33.3 Å². The van der Waals surface area contributed by atoms with Crippen molar-refractivity contribution in [1.29, 1.82) is 0 Å². The number of para-hydroxylation sites is 1. The largest absolute Gasteiger partial charge is 0.507 e. The molecule has 1 aliphatic rings. The van der Waals surface area contributed by atoms with E-state index in [1.165, 1.54) is 5.56 Å². The van der Waals surface area contributed by atoms with Gasteiger partial charge in [-0.05, 0) is 66.6 Å². The number of nitrogens with one attached hydrogen (secondary N) is 1. The highest BCUT2D eigenvalue weighted by atomic mass is 16.5. The lowest BCUT2D eigenvalue weighted by Gasteiger charge is -2.25. The van der Waals surface area contributed by atoms with Gasteiger partial charge < -0.3 is 15.2 Å². The number of hydrogen-bond acceptors (Lipinski definition) is 6. The SMILES string of the molecule is CCc1ccc(Oc2cc(Nc3ccc(C=O)cc3)c3c4c(nc(-c5ccccc5O)cc24)-c2ccccc2C3=O)cc1. The van der Waals surface area contributed by atoms with Crippen molar-refractivity contribution in [3.63, 3.8) is 0 Å². The summed E-state index contributed by atoms with van der Waals surface area (Å²) in [6.45, 7) is 2.10. The van der Waals surface area contributed by atoms with Crippen molar-refractivity contribution in [2.24, 2.45) is 0 Å². The van der Waals surface area contributed by atoms with E-state index in [-0.39, 0.29) is 11.5 Å². The Bertz CT molecular complexity index is 2050. The van der Waals surface area contributed by atoms with Crippen molar-refractivity contribution in [2.75, 3.05) is 5.32 Å². The Morgan fingerprint density at radius 1 is 0.837 bits per heavy atom. The molecule has 43 heavy (non-hydrogen) atoms. The number of carbonyl (C=O) groups is 2. The molecule has 0 unspecified atom stereocenters. The number of fused-ring (bicyclic) bond motifs is 2. The lowest BCUT2D eigenvalue weighted by atomic mass is 9.83. The van der Waals surface area contributed by atoms with Gasteiger partial charge >= 0.3 is 0 Å². The minimum atomic E-state index is -0.129. The van der Waals surface area contributed by atoms with Crippen LogP contribution >= 0.6 is 0 Å². The fraction of sp³-hybridized carbons (Fsp3) is 0.0541. The summed E-state index contributed by atoms with van der Waals surface area (Å²) in [5.41, 5.74) is 6.53. The molecule has 0 aliphatic heterocycles. The van der Waals surface area contributed by atoms with Crippen molar-refractivity contribution < 1.29 is 19.4 Å². The fourth-order valence-corrected chi connectivity index (χ4v) is 5.59. The number of nitrogens with zero attached hydrogens (tertiary/aromatic N) is 1. The molecule has 0 radical (unpaired) electrons. The lowest BCUT2D eigenvalue weighted by molar-refractivity contribution is 0.104. The quantitative estimate of drug-likeness (QED) is 0.189. The molecular weight excluding hydrogens is 536 g/mol. The number of rotatable bonds is 7. The van der Waals surface area contributed by atoms with Crippen LogP contribution in [0, 0.1) is 0 Å². The van der Waals surface area contributed by atoms with Gasteiger partial charge in [0.15, 0.2) is 5.78 Å². The predicted octanol–water partition coefficient (Wildman–Crippen LogP) is 8.73. The molecule has 5 aromatic carbocycles. The molecule has 2 N–H and O–H groups in total. The van der Waals surface area contributed by atoms with E-state index in [2.05, 4.69) is 12.2 Å². The number of ether oxygens (including phenoxy) is 1. The van der Waals surface area contributed by atoms with Gasteiger partial charge in [-0.1, -0.05) is 55.5 Å². The highest BCUT2D eigenvalue weighted by Gasteiger charge is 2.31. The Labute approximate surface area is 248 Å². The highest BCUT2D eigenvalue weighted by Crippen LogP contribution is 2.48. The molecule has 6 nitrogen and oxygen atoms in total. The van der Waals surface area contributed by atoms with Crippen LogP contribution in [0.4, 0.5) is 11.4 Å². The van der Waals surface area contributed by atoms with Crippen molar-refractivity contribution in [3.05, 3.63) is 131 Å². The van der Waals surface area contributed by atoms with Crippen molar-refractivity contribution in [1.82, 2.24) is 4.98 Å². The molecule has 0 saturated heterocycles.